The molecule has 0 bridgehead atoms. The molecule has 27 heavy (non-hydrogen) atoms. The first-order chi connectivity index (χ1) is 12.9. The van der Waals surface area contributed by atoms with Crippen LogP contribution in [-0.4, -0.2) is 90.2 Å². The van der Waals surface area contributed by atoms with Crippen LogP contribution in [0.3, 0.4) is 0 Å². The van der Waals surface area contributed by atoms with Gasteiger partial charge in [-0.25, -0.2) is 9.59 Å². The highest BCUT2D eigenvalue weighted by Crippen LogP contribution is 2.19. The van der Waals surface area contributed by atoms with Gasteiger partial charge in [-0.1, -0.05) is 18.5 Å². The van der Waals surface area contributed by atoms with Crippen molar-refractivity contribution in [2.24, 2.45) is 0 Å². The van der Waals surface area contributed by atoms with E-state index in [2.05, 4.69) is 28.9 Å². The highest BCUT2D eigenvalue weighted by molar-refractivity contribution is 7.99. The van der Waals surface area contributed by atoms with Crippen molar-refractivity contribution in [1.29, 1.82) is 0 Å². The van der Waals surface area contributed by atoms with Crippen LogP contribution in [0, 0.1) is 0 Å². The van der Waals surface area contributed by atoms with Crippen molar-refractivity contribution in [2.75, 3.05) is 58.2 Å². The maximum atomic E-state index is 9.10. The van der Waals surface area contributed by atoms with Crippen molar-refractivity contribution in [1.82, 2.24) is 9.80 Å². The molecule has 2 rings (SSSR count). The van der Waals surface area contributed by atoms with Crippen molar-refractivity contribution < 1.29 is 24.5 Å². The largest absolute Gasteiger partial charge is 0.473 e. The Bertz CT molecular complexity index is 553. The molecule has 0 radical (unpaired) electrons. The van der Waals surface area contributed by atoms with Gasteiger partial charge in [0.05, 0.1) is 13.2 Å². The molecule has 0 unspecified atom stereocenters. The SMILES string of the molecule is CCN1CCN(CCOCCSc2ccc(Cl)cc2)CC1.O=C(O)C(=O)O. The van der Waals surface area contributed by atoms with Crippen molar-refractivity contribution >= 4 is 35.3 Å². The number of hydrogen-bond acceptors (Lipinski definition) is 6. The number of ether oxygens (including phenoxy) is 1. The van der Waals surface area contributed by atoms with Gasteiger partial charge in [0.1, 0.15) is 0 Å². The van der Waals surface area contributed by atoms with Crippen LogP contribution in [0.1, 0.15) is 6.92 Å². The minimum absolute atomic E-state index is 0.791. The summed E-state index contributed by atoms with van der Waals surface area (Å²) in [5.74, 6) is -2.66. The molecule has 0 atom stereocenters. The van der Waals surface area contributed by atoms with Crippen LogP contribution in [0.25, 0.3) is 0 Å². The number of nitrogens with zero attached hydrogens (tertiary/aromatic N) is 2. The lowest BCUT2D eigenvalue weighted by Crippen LogP contribution is -2.47. The van der Waals surface area contributed by atoms with E-state index in [1.54, 1.807) is 0 Å². The minimum atomic E-state index is -1.82. The van der Waals surface area contributed by atoms with E-state index < -0.39 is 11.9 Å². The molecule has 0 aromatic heterocycles. The molecule has 152 valence electrons. The van der Waals surface area contributed by atoms with Gasteiger partial charge in [-0.3, -0.25) is 4.90 Å². The number of piperazine rings is 1. The summed E-state index contributed by atoms with van der Waals surface area (Å²) in [5.41, 5.74) is 0. The first kappa shape index (κ1) is 23.7. The van der Waals surface area contributed by atoms with Gasteiger partial charge in [0, 0.05) is 48.4 Å². The fraction of sp³-hybridized carbons (Fsp3) is 0.556. The molecule has 0 aliphatic carbocycles. The molecule has 7 nitrogen and oxygen atoms in total. The van der Waals surface area contributed by atoms with Crippen LogP contribution in [0.4, 0.5) is 0 Å². The molecule has 2 N–H and O–H groups in total. The second kappa shape index (κ2) is 13.8. The molecule has 1 aromatic rings. The lowest BCUT2D eigenvalue weighted by molar-refractivity contribution is -0.159. The Morgan fingerprint density at radius 3 is 2.11 bits per heavy atom. The van der Waals surface area contributed by atoms with Crippen molar-refractivity contribution in [2.45, 2.75) is 11.8 Å². The van der Waals surface area contributed by atoms with Gasteiger partial charge >= 0.3 is 11.9 Å². The Kier molecular flexibility index (Phi) is 12.1. The van der Waals surface area contributed by atoms with Gasteiger partial charge < -0.3 is 19.8 Å². The molecule has 1 fully saturated rings. The molecule has 1 heterocycles. The van der Waals surface area contributed by atoms with E-state index in [1.165, 1.54) is 37.6 Å². The molecule has 9 heteroatoms. The number of benzene rings is 1. The fourth-order valence-corrected chi connectivity index (χ4v) is 3.27. The predicted molar refractivity (Wildman–Crippen MR) is 107 cm³/mol. The average molecular weight is 419 g/mol. The van der Waals surface area contributed by atoms with E-state index in [0.717, 1.165) is 30.5 Å². The lowest BCUT2D eigenvalue weighted by atomic mass is 10.3. The summed E-state index contributed by atoms with van der Waals surface area (Å²) in [7, 11) is 0. The van der Waals surface area contributed by atoms with Crippen LogP contribution in [0.15, 0.2) is 29.2 Å². The number of carboxylic acids is 2. The summed E-state index contributed by atoms with van der Waals surface area (Å²) in [6, 6.07) is 7.97. The topological polar surface area (TPSA) is 90.3 Å². The normalized spacial score (nSPS) is 15.0. The predicted octanol–water partition coefficient (Wildman–Crippen LogP) is 2.24. The smallest absolute Gasteiger partial charge is 0.414 e. The van der Waals surface area contributed by atoms with E-state index in [1.807, 2.05) is 23.9 Å². The third kappa shape index (κ3) is 11.2. The van der Waals surface area contributed by atoms with Gasteiger partial charge in [0.25, 0.3) is 0 Å². The molecule has 1 saturated heterocycles. The summed E-state index contributed by atoms with van der Waals surface area (Å²) in [5, 5.41) is 15.6. The van der Waals surface area contributed by atoms with Gasteiger partial charge in [0.15, 0.2) is 0 Å². The molecule has 0 amide bonds. The van der Waals surface area contributed by atoms with Crippen molar-refractivity contribution in [3.63, 3.8) is 0 Å². The number of aliphatic carboxylic acids is 2. The fourth-order valence-electron chi connectivity index (χ4n) is 2.37. The van der Waals surface area contributed by atoms with Crippen LogP contribution in [-0.2, 0) is 14.3 Å². The molecule has 1 aromatic carbocycles. The number of carbonyl (C=O) groups is 2. The Labute approximate surface area is 169 Å². The lowest BCUT2D eigenvalue weighted by Gasteiger charge is -2.33. The summed E-state index contributed by atoms with van der Waals surface area (Å²) in [6.07, 6.45) is 0. The zero-order valence-electron chi connectivity index (χ0n) is 15.5. The number of rotatable bonds is 8. The van der Waals surface area contributed by atoms with Gasteiger partial charge in [0.2, 0.25) is 0 Å². The van der Waals surface area contributed by atoms with Crippen LogP contribution < -0.4 is 0 Å². The molecular formula is C18H27ClN2O5S. The van der Waals surface area contributed by atoms with Crippen molar-refractivity contribution in [3.05, 3.63) is 29.3 Å². The molecule has 0 saturated carbocycles. The van der Waals surface area contributed by atoms with E-state index in [4.69, 9.17) is 36.1 Å². The van der Waals surface area contributed by atoms with E-state index in [0.29, 0.717) is 0 Å². The van der Waals surface area contributed by atoms with E-state index >= 15 is 0 Å². The minimum Gasteiger partial charge on any atom is -0.473 e. The molecule has 1 aliphatic heterocycles. The monoisotopic (exact) mass is 418 g/mol. The van der Waals surface area contributed by atoms with Crippen LogP contribution >= 0.6 is 23.4 Å². The first-order valence-electron chi connectivity index (χ1n) is 8.79. The van der Waals surface area contributed by atoms with E-state index in [-0.39, 0.29) is 0 Å². The third-order valence-corrected chi connectivity index (χ3v) is 5.19. The number of likely N-dealkylation sites (N-methyl/N-ethyl adjacent to an activating group) is 1. The Balaban J connectivity index is 0.000000527. The maximum Gasteiger partial charge on any atom is 0.414 e. The quantitative estimate of drug-likeness (QED) is 0.377. The summed E-state index contributed by atoms with van der Waals surface area (Å²) in [4.78, 5) is 24.4. The number of hydrogen-bond donors (Lipinski definition) is 2. The maximum absolute atomic E-state index is 9.10. The summed E-state index contributed by atoms with van der Waals surface area (Å²) < 4.78 is 5.73. The van der Waals surface area contributed by atoms with Crippen LogP contribution in [0.5, 0.6) is 0 Å². The summed E-state index contributed by atoms with van der Waals surface area (Å²) >= 11 is 7.68. The average Bonchev–Trinajstić information content (AvgIpc) is 2.67. The zero-order chi connectivity index (χ0) is 20.1. The second-order valence-corrected chi connectivity index (χ2v) is 7.41. The number of halogens is 1. The van der Waals surface area contributed by atoms with Crippen molar-refractivity contribution in [3.8, 4) is 0 Å². The Morgan fingerprint density at radius 1 is 1.04 bits per heavy atom. The molecular weight excluding hydrogens is 392 g/mol. The van der Waals surface area contributed by atoms with Gasteiger partial charge in [-0.15, -0.1) is 11.8 Å². The van der Waals surface area contributed by atoms with Gasteiger partial charge in [-0.2, -0.15) is 0 Å². The Hall–Kier alpha value is -1.32. The highest BCUT2D eigenvalue weighted by Gasteiger charge is 2.14. The molecule has 0 spiro atoms. The van der Waals surface area contributed by atoms with E-state index in [9.17, 15) is 0 Å². The highest BCUT2D eigenvalue weighted by atomic mass is 35.5. The number of thioether (sulfide) groups is 1. The summed E-state index contributed by atoms with van der Waals surface area (Å²) in [6.45, 7) is 10.9. The zero-order valence-corrected chi connectivity index (χ0v) is 17.0. The standard InChI is InChI=1S/C16H25ClN2OS.C2H2O4/c1-2-18-7-9-19(10-8-18)11-12-20-13-14-21-16-5-3-15(17)4-6-16;3-1(4)2(5)6/h3-6H,2,7-14H2,1H3;(H,3,4)(H,5,6). The van der Waals surface area contributed by atoms with Gasteiger partial charge in [-0.05, 0) is 30.8 Å². The third-order valence-electron chi connectivity index (χ3n) is 3.96. The molecule has 1 aliphatic rings. The first-order valence-corrected chi connectivity index (χ1v) is 10.2. The van der Waals surface area contributed by atoms with Crippen LogP contribution in [0.2, 0.25) is 5.02 Å². The number of carboxylic acid groups (broad SMARTS) is 2. The second-order valence-electron chi connectivity index (χ2n) is 5.80. The Morgan fingerprint density at radius 2 is 1.59 bits per heavy atom.